The average molecular weight is 514 g/mol. The molecule has 10 heteroatoms. The van der Waals surface area contributed by atoms with Crippen LogP contribution in [0.5, 0.6) is 11.5 Å². The van der Waals surface area contributed by atoms with Crippen molar-refractivity contribution in [3.63, 3.8) is 0 Å². The first kappa shape index (κ1) is 26.6. The molecule has 1 N–H and O–H groups in total. The summed E-state index contributed by atoms with van der Waals surface area (Å²) in [7, 11) is 0. The summed E-state index contributed by atoms with van der Waals surface area (Å²) >= 11 is 0. The molecule has 1 aromatic heterocycles. The highest BCUT2D eigenvalue weighted by atomic mass is 19.1. The van der Waals surface area contributed by atoms with Crippen molar-refractivity contribution in [3.05, 3.63) is 42.1 Å². The number of rotatable bonds is 7. The smallest absolute Gasteiger partial charge is 0.407 e. The monoisotopic (exact) mass is 513 g/mol. The van der Waals surface area contributed by atoms with Gasteiger partial charge >= 0.3 is 6.09 Å². The van der Waals surface area contributed by atoms with E-state index in [0.717, 1.165) is 25.9 Å². The van der Waals surface area contributed by atoms with Crippen molar-refractivity contribution in [3.8, 4) is 11.5 Å². The van der Waals surface area contributed by atoms with E-state index in [1.807, 2.05) is 41.5 Å². The maximum Gasteiger partial charge on any atom is 0.407 e. The maximum absolute atomic E-state index is 14.1. The number of amides is 2. The summed E-state index contributed by atoms with van der Waals surface area (Å²) in [5.41, 5.74) is -0.265. The predicted molar refractivity (Wildman–Crippen MR) is 137 cm³/mol. The second-order valence-electron chi connectivity index (χ2n) is 11.2. The van der Waals surface area contributed by atoms with Gasteiger partial charge in [0.1, 0.15) is 23.5 Å². The average Bonchev–Trinajstić information content (AvgIpc) is 2.75. The molecule has 200 valence electrons. The molecule has 2 aromatic rings. The molecule has 9 nitrogen and oxygen atoms in total. The molecule has 0 atom stereocenters. The van der Waals surface area contributed by atoms with Crippen LogP contribution in [-0.4, -0.2) is 64.2 Å². The van der Waals surface area contributed by atoms with Crippen molar-refractivity contribution < 1.29 is 23.5 Å². The molecule has 37 heavy (non-hydrogen) atoms. The minimum absolute atomic E-state index is 0.0439. The number of anilines is 1. The van der Waals surface area contributed by atoms with E-state index in [-0.39, 0.29) is 34.7 Å². The highest BCUT2D eigenvalue weighted by molar-refractivity contribution is 5.97. The summed E-state index contributed by atoms with van der Waals surface area (Å²) in [6, 6.07) is 3.98. The lowest BCUT2D eigenvalue weighted by atomic mass is 9.60. The Balaban J connectivity index is 1.43. The molecule has 0 bridgehead atoms. The molecule has 2 amide bonds. The van der Waals surface area contributed by atoms with Crippen LogP contribution < -0.4 is 15.0 Å². The van der Waals surface area contributed by atoms with Crippen LogP contribution in [0.25, 0.3) is 0 Å². The van der Waals surface area contributed by atoms with Crippen LogP contribution in [-0.2, 0) is 4.74 Å². The second-order valence-corrected chi connectivity index (χ2v) is 11.2. The lowest BCUT2D eigenvalue weighted by Crippen LogP contribution is -2.67. The summed E-state index contributed by atoms with van der Waals surface area (Å²) in [4.78, 5) is 37.5. The first-order valence-electron chi connectivity index (χ1n) is 12.7. The van der Waals surface area contributed by atoms with E-state index in [2.05, 4.69) is 20.2 Å². The lowest BCUT2D eigenvalue weighted by molar-refractivity contribution is 0.0212. The Labute approximate surface area is 217 Å². The van der Waals surface area contributed by atoms with Gasteiger partial charge in [0.05, 0.1) is 11.8 Å². The van der Waals surface area contributed by atoms with Crippen molar-refractivity contribution in [1.29, 1.82) is 0 Å². The Morgan fingerprint density at radius 2 is 1.95 bits per heavy atom. The molecular weight excluding hydrogens is 477 g/mol. The Bertz CT molecular complexity index is 1150. The van der Waals surface area contributed by atoms with Crippen molar-refractivity contribution in [2.24, 2.45) is 5.41 Å². The van der Waals surface area contributed by atoms with Gasteiger partial charge in [0, 0.05) is 37.1 Å². The van der Waals surface area contributed by atoms with Crippen LogP contribution in [0.15, 0.2) is 30.7 Å². The van der Waals surface area contributed by atoms with Crippen LogP contribution in [0.3, 0.4) is 0 Å². The lowest BCUT2D eigenvalue weighted by Gasteiger charge is -2.59. The highest BCUT2D eigenvalue weighted by Crippen LogP contribution is 2.50. The second kappa shape index (κ2) is 10.1. The van der Waals surface area contributed by atoms with E-state index in [1.54, 1.807) is 11.1 Å². The largest absolute Gasteiger partial charge is 0.451 e. The van der Waals surface area contributed by atoms with Gasteiger partial charge in [-0.05, 0) is 72.6 Å². The minimum Gasteiger partial charge on any atom is -0.451 e. The van der Waals surface area contributed by atoms with E-state index in [1.165, 1.54) is 24.5 Å². The first-order chi connectivity index (χ1) is 17.4. The summed E-state index contributed by atoms with van der Waals surface area (Å²) in [5, 5.41) is 2.94. The molecule has 1 saturated heterocycles. The Hall–Kier alpha value is -3.43. The van der Waals surface area contributed by atoms with Gasteiger partial charge in [-0.3, -0.25) is 4.79 Å². The highest BCUT2D eigenvalue weighted by Gasteiger charge is 2.53. The zero-order valence-electron chi connectivity index (χ0n) is 22.4. The first-order valence-corrected chi connectivity index (χ1v) is 12.7. The third-order valence-electron chi connectivity index (χ3n) is 6.71. The molecular formula is C27H36FN5O4. The number of hydrogen-bond acceptors (Lipinski definition) is 7. The quantitative estimate of drug-likeness (QED) is 0.570. The fourth-order valence-electron chi connectivity index (χ4n) is 5.13. The molecule has 0 radical (unpaired) electrons. The Morgan fingerprint density at radius 1 is 1.24 bits per heavy atom. The molecule has 1 aromatic carbocycles. The molecule has 2 heterocycles. The third kappa shape index (κ3) is 5.94. The van der Waals surface area contributed by atoms with Gasteiger partial charge in [-0.25, -0.2) is 19.2 Å². The number of nitrogens with one attached hydrogen (secondary N) is 1. The normalized spacial score (nSPS) is 16.7. The summed E-state index contributed by atoms with van der Waals surface area (Å²) < 4.78 is 25.6. The molecule has 1 spiro atoms. The van der Waals surface area contributed by atoms with E-state index < -0.39 is 17.5 Å². The van der Waals surface area contributed by atoms with Gasteiger partial charge in [-0.1, -0.05) is 0 Å². The summed E-state index contributed by atoms with van der Waals surface area (Å²) in [6.45, 7) is 13.3. The summed E-state index contributed by atoms with van der Waals surface area (Å²) in [5.74, 6) is 0.453. The molecule has 2 fully saturated rings. The van der Waals surface area contributed by atoms with E-state index in [9.17, 15) is 14.0 Å². The zero-order valence-corrected chi connectivity index (χ0v) is 22.4. The molecule has 0 unspecified atom stereocenters. The SMILES string of the molecule is CCN(C(=O)c1cc(F)ccc1Oc1cncnc1N1CC2(CC(NC(=O)OC(C)(C)C)C2)C1)C(C)C. The van der Waals surface area contributed by atoms with Gasteiger partial charge in [-0.2, -0.15) is 0 Å². The number of nitrogens with zero attached hydrogens (tertiary/aromatic N) is 4. The maximum atomic E-state index is 14.1. The third-order valence-corrected chi connectivity index (χ3v) is 6.71. The van der Waals surface area contributed by atoms with Crippen LogP contribution in [0.2, 0.25) is 0 Å². The Kier molecular flexibility index (Phi) is 7.30. The van der Waals surface area contributed by atoms with Gasteiger partial charge in [0.2, 0.25) is 0 Å². The fourth-order valence-corrected chi connectivity index (χ4v) is 5.13. The number of hydrogen-bond donors (Lipinski definition) is 1. The zero-order chi connectivity index (χ0) is 27.0. The number of halogens is 1. The van der Waals surface area contributed by atoms with E-state index >= 15 is 0 Å². The van der Waals surface area contributed by atoms with Gasteiger partial charge < -0.3 is 24.6 Å². The van der Waals surface area contributed by atoms with Crippen LogP contribution in [0.4, 0.5) is 15.0 Å². The topological polar surface area (TPSA) is 96.9 Å². The molecule has 2 aliphatic rings. The van der Waals surface area contributed by atoms with Crippen molar-refractivity contribution in [2.45, 2.75) is 72.1 Å². The number of carbonyl (C=O) groups is 2. The standard InChI is InChI=1S/C27H36FN5O4/c1-7-33(17(2)3)24(34)20-10-18(28)8-9-21(20)36-22-13-29-16-30-23(22)32-14-27(15-32)11-19(12-27)31-25(35)37-26(4,5)6/h8-10,13,16-17,19H,7,11-12,14-15H2,1-6H3,(H,31,35). The van der Waals surface area contributed by atoms with Gasteiger partial charge in [0.15, 0.2) is 11.6 Å². The van der Waals surface area contributed by atoms with E-state index in [4.69, 9.17) is 9.47 Å². The van der Waals surface area contributed by atoms with Gasteiger partial charge in [-0.15, -0.1) is 0 Å². The fraction of sp³-hybridized carbons (Fsp3) is 0.556. The van der Waals surface area contributed by atoms with Crippen LogP contribution in [0.1, 0.15) is 64.7 Å². The van der Waals surface area contributed by atoms with Crippen LogP contribution >= 0.6 is 0 Å². The predicted octanol–water partition coefficient (Wildman–Crippen LogP) is 4.77. The molecule has 1 aliphatic heterocycles. The Morgan fingerprint density at radius 3 is 2.57 bits per heavy atom. The van der Waals surface area contributed by atoms with Crippen molar-refractivity contribution >= 4 is 17.8 Å². The number of alkyl carbamates (subject to hydrolysis) is 1. The molecule has 1 saturated carbocycles. The number of carbonyl (C=O) groups excluding carboxylic acids is 2. The van der Waals surface area contributed by atoms with Crippen molar-refractivity contribution in [1.82, 2.24) is 20.2 Å². The summed E-state index contributed by atoms with van der Waals surface area (Å²) in [6.07, 6.45) is 4.35. The molecule has 4 rings (SSSR count). The van der Waals surface area contributed by atoms with Gasteiger partial charge in [0.25, 0.3) is 5.91 Å². The molecule has 1 aliphatic carbocycles. The minimum atomic E-state index is -0.527. The van der Waals surface area contributed by atoms with Crippen molar-refractivity contribution in [2.75, 3.05) is 24.5 Å². The van der Waals surface area contributed by atoms with Crippen LogP contribution in [0, 0.1) is 11.2 Å². The number of aromatic nitrogens is 2. The number of ether oxygens (including phenoxy) is 2. The number of benzene rings is 1. The van der Waals surface area contributed by atoms with E-state index in [0.29, 0.717) is 18.1 Å².